The number of hydrogen-bond donors (Lipinski definition) is 5. The van der Waals surface area contributed by atoms with Crippen LogP contribution in [0.2, 0.25) is 0 Å². The highest BCUT2D eigenvalue weighted by atomic mass is 16.5. The van der Waals surface area contributed by atoms with Gasteiger partial charge in [-0.3, -0.25) is 9.59 Å². The number of H-pyrrole nitrogens is 2. The standard InChI is InChI=1S/C37H50N6O3.2C2H5NO2/c1-7-15-42(36(45)17-25(3)4)22-34-38-20-32(40-34)28-11-9-27(10-12-28)31-14-13-29(19-30(31)24-44)33-21-39-35(41-33)23-43(16-8-2)37(46)18-26(5)6;2*1-5-2(3)4/h9-14,19-21,25-26,44H,7-8,15-18,22-24H2,1-6H3,(H,38,40)(H,39,41);2*1H3,(H2,3,4). The Morgan fingerprint density at radius 3 is 1.46 bits per heavy atom. The second-order valence-corrected chi connectivity index (χ2v) is 14.0. The van der Waals surface area contributed by atoms with Crippen LogP contribution in [0.5, 0.6) is 0 Å². The highest BCUT2D eigenvalue weighted by Crippen LogP contribution is 2.30. The minimum Gasteiger partial charge on any atom is -0.453 e. The average Bonchev–Trinajstić information content (AvgIpc) is 3.84. The molecule has 0 aliphatic rings. The SMILES string of the molecule is CCCN(Cc1ncc(-c2ccc(-c3ccc(-c4cnc(CN(CCC)C(=O)CC(C)C)[nH]4)cc3CO)cc2)[nH]1)C(=O)CC(C)C.COC(N)=O.COC(N)=O. The third-order valence-corrected chi connectivity index (χ3v) is 8.29. The zero-order chi connectivity index (χ0) is 41.8. The van der Waals surface area contributed by atoms with E-state index in [1.165, 1.54) is 14.2 Å². The van der Waals surface area contributed by atoms with Gasteiger partial charge in [0.25, 0.3) is 0 Å². The minimum absolute atomic E-state index is 0.104. The first kappa shape index (κ1) is 46.5. The molecule has 0 saturated carbocycles. The molecule has 0 fully saturated rings. The highest BCUT2D eigenvalue weighted by Gasteiger charge is 2.18. The van der Waals surface area contributed by atoms with E-state index in [9.17, 15) is 24.3 Å². The summed E-state index contributed by atoms with van der Waals surface area (Å²) >= 11 is 0. The molecule has 2 heterocycles. The summed E-state index contributed by atoms with van der Waals surface area (Å²) in [4.78, 5) is 63.8. The molecule has 2 aromatic carbocycles. The topological polar surface area (TPSA) is 223 Å². The largest absolute Gasteiger partial charge is 0.453 e. The van der Waals surface area contributed by atoms with Gasteiger partial charge in [0, 0.05) is 25.9 Å². The van der Waals surface area contributed by atoms with Crippen molar-refractivity contribution in [1.29, 1.82) is 0 Å². The molecule has 0 bridgehead atoms. The van der Waals surface area contributed by atoms with Crippen LogP contribution < -0.4 is 11.5 Å². The lowest BCUT2D eigenvalue weighted by Crippen LogP contribution is -2.32. The molecule has 4 aromatic rings. The van der Waals surface area contributed by atoms with Crippen LogP contribution in [0.3, 0.4) is 0 Å². The van der Waals surface area contributed by atoms with Crippen molar-refractivity contribution in [2.75, 3.05) is 27.3 Å². The molecule has 2 aromatic heterocycles. The summed E-state index contributed by atoms with van der Waals surface area (Å²) in [5, 5.41) is 10.3. The van der Waals surface area contributed by atoms with E-state index in [2.05, 4.69) is 82.4 Å². The molecule has 0 radical (unpaired) electrons. The van der Waals surface area contributed by atoms with Gasteiger partial charge in [-0.15, -0.1) is 0 Å². The molecule has 4 rings (SSSR count). The Morgan fingerprint density at radius 2 is 1.09 bits per heavy atom. The lowest BCUT2D eigenvalue weighted by Gasteiger charge is -2.22. The van der Waals surface area contributed by atoms with Crippen molar-refractivity contribution in [3.8, 4) is 33.6 Å². The second-order valence-electron chi connectivity index (χ2n) is 14.0. The Kier molecular flexibility index (Phi) is 19.9. The highest BCUT2D eigenvalue weighted by molar-refractivity contribution is 5.77. The molecular formula is C41H60N8O7. The molecule has 0 atom stereocenters. The Labute approximate surface area is 330 Å². The van der Waals surface area contributed by atoms with Crippen LogP contribution in [0.4, 0.5) is 9.59 Å². The fourth-order valence-electron chi connectivity index (χ4n) is 5.62. The van der Waals surface area contributed by atoms with Crippen molar-refractivity contribution in [2.45, 2.75) is 86.9 Å². The van der Waals surface area contributed by atoms with Crippen molar-refractivity contribution < 1.29 is 33.8 Å². The number of aliphatic hydroxyl groups is 1. The number of nitrogens with zero attached hydrogens (tertiary/aromatic N) is 4. The Morgan fingerprint density at radius 1 is 0.696 bits per heavy atom. The number of aliphatic hydroxyl groups excluding tert-OH is 1. The van der Waals surface area contributed by atoms with E-state index in [1.807, 2.05) is 58.5 Å². The van der Waals surface area contributed by atoms with Crippen molar-refractivity contribution in [3.05, 3.63) is 72.1 Å². The second kappa shape index (κ2) is 23.9. The molecular weight excluding hydrogens is 717 g/mol. The monoisotopic (exact) mass is 776 g/mol. The van der Waals surface area contributed by atoms with Crippen LogP contribution in [0.25, 0.3) is 33.6 Å². The molecule has 56 heavy (non-hydrogen) atoms. The number of primary amides is 2. The Hall–Kier alpha value is -5.70. The number of methoxy groups -OCH3 is 2. The summed E-state index contributed by atoms with van der Waals surface area (Å²) in [6, 6.07) is 14.2. The number of nitrogens with two attached hydrogens (primary N) is 2. The van der Waals surface area contributed by atoms with Gasteiger partial charge in [-0.05, 0) is 58.6 Å². The lowest BCUT2D eigenvalue weighted by molar-refractivity contribution is -0.133. The third kappa shape index (κ3) is 15.6. The number of aromatic nitrogens is 4. The molecule has 0 aliphatic heterocycles. The van der Waals surface area contributed by atoms with Gasteiger partial charge in [0.1, 0.15) is 11.6 Å². The zero-order valence-corrected chi connectivity index (χ0v) is 34.1. The molecule has 306 valence electrons. The molecule has 0 aliphatic carbocycles. The van der Waals surface area contributed by atoms with Crippen LogP contribution in [-0.2, 0) is 38.8 Å². The van der Waals surface area contributed by atoms with E-state index in [4.69, 9.17) is 0 Å². The number of carbonyl (C=O) groups is 4. The summed E-state index contributed by atoms with van der Waals surface area (Å²) in [6.45, 7) is 14.6. The quantitative estimate of drug-likeness (QED) is 0.0824. The van der Waals surface area contributed by atoms with Crippen LogP contribution in [0, 0.1) is 11.8 Å². The summed E-state index contributed by atoms with van der Waals surface area (Å²) in [5.74, 6) is 2.44. The first-order valence-electron chi connectivity index (χ1n) is 18.8. The first-order valence-corrected chi connectivity index (χ1v) is 18.8. The fraction of sp³-hybridized carbons (Fsp3) is 0.463. The number of aromatic amines is 2. The number of carbonyl (C=O) groups excluding carboxylic acids is 4. The van der Waals surface area contributed by atoms with Crippen molar-refractivity contribution in [2.24, 2.45) is 23.3 Å². The van der Waals surface area contributed by atoms with Crippen molar-refractivity contribution in [3.63, 3.8) is 0 Å². The van der Waals surface area contributed by atoms with E-state index in [0.29, 0.717) is 50.9 Å². The van der Waals surface area contributed by atoms with E-state index >= 15 is 0 Å². The van der Waals surface area contributed by atoms with Crippen LogP contribution >= 0.6 is 0 Å². The molecule has 7 N–H and O–H groups in total. The van der Waals surface area contributed by atoms with Crippen LogP contribution in [0.15, 0.2) is 54.9 Å². The zero-order valence-electron chi connectivity index (χ0n) is 34.1. The smallest absolute Gasteiger partial charge is 0.404 e. The van der Waals surface area contributed by atoms with Crippen LogP contribution in [0.1, 0.15) is 84.4 Å². The molecule has 4 amide bonds. The van der Waals surface area contributed by atoms with E-state index in [0.717, 1.165) is 63.7 Å². The predicted molar refractivity (Wildman–Crippen MR) is 216 cm³/mol. The number of imidazole rings is 2. The maximum Gasteiger partial charge on any atom is 0.404 e. The van der Waals surface area contributed by atoms with E-state index < -0.39 is 12.2 Å². The third-order valence-electron chi connectivity index (χ3n) is 8.29. The molecule has 0 saturated heterocycles. The van der Waals surface area contributed by atoms with Crippen LogP contribution in [-0.4, -0.2) is 86.2 Å². The molecule has 0 spiro atoms. The van der Waals surface area contributed by atoms with Gasteiger partial charge >= 0.3 is 12.2 Å². The van der Waals surface area contributed by atoms with Gasteiger partial charge in [0.05, 0.1) is 57.7 Å². The number of nitrogens with one attached hydrogen (secondary N) is 2. The lowest BCUT2D eigenvalue weighted by atomic mass is 9.96. The Balaban J connectivity index is 0.000000961. The molecule has 15 heteroatoms. The average molecular weight is 777 g/mol. The number of amides is 4. The minimum atomic E-state index is -0.745. The first-order chi connectivity index (χ1) is 26.6. The van der Waals surface area contributed by atoms with Gasteiger partial charge in [0.2, 0.25) is 11.8 Å². The molecule has 15 nitrogen and oxygen atoms in total. The summed E-state index contributed by atoms with van der Waals surface area (Å²) in [7, 11) is 2.45. The van der Waals surface area contributed by atoms with Gasteiger partial charge in [-0.1, -0.05) is 77.9 Å². The van der Waals surface area contributed by atoms with E-state index in [-0.39, 0.29) is 18.4 Å². The van der Waals surface area contributed by atoms with Gasteiger partial charge in [0.15, 0.2) is 0 Å². The number of ether oxygens (including phenoxy) is 2. The molecule has 0 unspecified atom stereocenters. The van der Waals surface area contributed by atoms with Gasteiger partial charge < -0.3 is 45.8 Å². The maximum absolute atomic E-state index is 12.7. The number of rotatable bonds is 16. The summed E-state index contributed by atoms with van der Waals surface area (Å²) in [6.07, 6.45) is 4.96. The number of hydrogen-bond acceptors (Lipinski definition) is 9. The normalized spacial score (nSPS) is 10.6. The van der Waals surface area contributed by atoms with Gasteiger partial charge in [-0.25, -0.2) is 19.6 Å². The Bertz CT molecular complexity index is 1800. The van der Waals surface area contributed by atoms with Crippen molar-refractivity contribution >= 4 is 24.0 Å². The van der Waals surface area contributed by atoms with Crippen molar-refractivity contribution in [1.82, 2.24) is 29.7 Å². The number of benzene rings is 2. The maximum atomic E-state index is 12.7. The van der Waals surface area contributed by atoms with Gasteiger partial charge in [-0.2, -0.15) is 0 Å². The summed E-state index contributed by atoms with van der Waals surface area (Å²) < 4.78 is 7.78. The fourth-order valence-corrected chi connectivity index (χ4v) is 5.62. The predicted octanol–water partition coefficient (Wildman–Crippen LogP) is 6.62. The van der Waals surface area contributed by atoms with E-state index in [1.54, 1.807) is 6.20 Å². The summed E-state index contributed by atoms with van der Waals surface area (Å²) in [5.41, 5.74) is 15.3.